The second-order valence-electron chi connectivity index (χ2n) is 5.83. The molecule has 1 aromatic carbocycles. The Hall–Kier alpha value is -2.89. The Kier molecular flexibility index (Phi) is 8.19. The number of aryl methyl sites for hydroxylation is 2. The van der Waals surface area contributed by atoms with E-state index in [9.17, 15) is 15.2 Å². The number of azo groups is 1. The molecule has 150 valence electrons. The van der Waals surface area contributed by atoms with Crippen LogP contribution in [0, 0.1) is 25.2 Å². The largest absolute Gasteiger partial charge is 0.509 e. The van der Waals surface area contributed by atoms with Crippen molar-refractivity contribution >= 4 is 35.0 Å². The van der Waals surface area contributed by atoms with Crippen molar-refractivity contribution in [1.82, 2.24) is 4.98 Å². The molecule has 2 rings (SSSR count). The number of aliphatic hydroxyl groups excluding tert-OH is 1. The molecule has 1 N–H and O–H groups in total. The van der Waals surface area contributed by atoms with Gasteiger partial charge in [0.25, 0.3) is 0 Å². The lowest BCUT2D eigenvalue weighted by molar-refractivity contribution is -0.138. The predicted octanol–water partition coefficient (Wildman–Crippen LogP) is 5.43. The van der Waals surface area contributed by atoms with Crippen molar-refractivity contribution in [3.8, 4) is 6.07 Å². The van der Waals surface area contributed by atoms with Gasteiger partial charge in [0.15, 0.2) is 0 Å². The summed E-state index contributed by atoms with van der Waals surface area (Å²) in [5.41, 5.74) is 1.97. The fourth-order valence-corrected chi connectivity index (χ4v) is 3.44. The van der Waals surface area contributed by atoms with Gasteiger partial charge in [0.2, 0.25) is 5.70 Å². The highest BCUT2D eigenvalue weighted by molar-refractivity contribution is 7.99. The van der Waals surface area contributed by atoms with Crippen LogP contribution in [0.3, 0.4) is 0 Å². The summed E-state index contributed by atoms with van der Waals surface area (Å²) in [6, 6.07) is 10.6. The molecule has 0 saturated carbocycles. The number of carbonyl (C=O) groups is 1. The Balaban J connectivity index is 2.33. The van der Waals surface area contributed by atoms with Gasteiger partial charge in [-0.1, -0.05) is 35.5 Å². The minimum Gasteiger partial charge on any atom is -0.509 e. The fraction of sp³-hybridized carbons (Fsp3) is 0.250. The number of carbonyl (C=O) groups excluding carboxylic acids is 1. The average molecular weight is 431 g/mol. The van der Waals surface area contributed by atoms with Crippen LogP contribution in [0.4, 0.5) is 5.69 Å². The van der Waals surface area contributed by atoms with Crippen LogP contribution in [0.15, 0.2) is 57.0 Å². The molecule has 0 saturated heterocycles. The van der Waals surface area contributed by atoms with Crippen LogP contribution in [0.1, 0.15) is 23.7 Å². The molecule has 1 aromatic heterocycles. The number of thioether (sulfide) groups is 1. The van der Waals surface area contributed by atoms with Gasteiger partial charge < -0.3 is 9.84 Å². The van der Waals surface area contributed by atoms with Crippen LogP contribution in [-0.2, 0) is 9.53 Å². The van der Waals surface area contributed by atoms with E-state index in [1.807, 2.05) is 13.8 Å². The summed E-state index contributed by atoms with van der Waals surface area (Å²) in [7, 11) is 0. The molecule has 0 aliphatic heterocycles. The maximum absolute atomic E-state index is 12.2. The quantitative estimate of drug-likeness (QED) is 0.206. The molecule has 0 atom stereocenters. The number of benzene rings is 1. The van der Waals surface area contributed by atoms with Crippen molar-refractivity contribution in [2.45, 2.75) is 25.8 Å². The van der Waals surface area contributed by atoms with Crippen LogP contribution in [0.2, 0.25) is 5.02 Å². The number of ether oxygens (including phenoxy) is 1. The zero-order valence-electron chi connectivity index (χ0n) is 16.1. The van der Waals surface area contributed by atoms with E-state index in [0.717, 1.165) is 23.0 Å². The second kappa shape index (κ2) is 10.6. The lowest BCUT2D eigenvalue weighted by Gasteiger charge is -2.08. The van der Waals surface area contributed by atoms with Gasteiger partial charge in [0.1, 0.15) is 22.5 Å². The first-order chi connectivity index (χ1) is 13.9. The number of hydrogen-bond acceptors (Lipinski definition) is 8. The van der Waals surface area contributed by atoms with E-state index >= 15 is 0 Å². The normalized spacial score (nSPS) is 11.8. The van der Waals surface area contributed by atoms with Crippen LogP contribution >= 0.6 is 23.4 Å². The Morgan fingerprint density at radius 2 is 2.10 bits per heavy atom. The van der Waals surface area contributed by atoms with Gasteiger partial charge in [-0.25, -0.2) is 9.78 Å². The maximum atomic E-state index is 12.2. The van der Waals surface area contributed by atoms with E-state index in [0.29, 0.717) is 21.3 Å². The first-order valence-electron chi connectivity index (χ1n) is 8.64. The molecular formula is C20H19ClN4O3S. The molecule has 29 heavy (non-hydrogen) atoms. The van der Waals surface area contributed by atoms with E-state index in [1.54, 1.807) is 37.3 Å². The van der Waals surface area contributed by atoms with E-state index in [2.05, 4.69) is 21.3 Å². The van der Waals surface area contributed by atoms with Crippen LogP contribution < -0.4 is 0 Å². The zero-order valence-corrected chi connectivity index (χ0v) is 17.7. The molecule has 0 radical (unpaired) electrons. The summed E-state index contributed by atoms with van der Waals surface area (Å²) in [5.74, 6) is -1.19. The van der Waals surface area contributed by atoms with Crippen molar-refractivity contribution < 1.29 is 14.6 Å². The predicted molar refractivity (Wildman–Crippen MR) is 111 cm³/mol. The van der Waals surface area contributed by atoms with Gasteiger partial charge in [-0.05, 0) is 44.5 Å². The Morgan fingerprint density at radius 3 is 2.76 bits per heavy atom. The van der Waals surface area contributed by atoms with Crippen molar-refractivity contribution in [2.75, 3.05) is 12.4 Å². The minimum absolute atomic E-state index is 0.0414. The lowest BCUT2D eigenvalue weighted by Crippen LogP contribution is -2.10. The van der Waals surface area contributed by atoms with Gasteiger partial charge in [0.05, 0.1) is 22.9 Å². The summed E-state index contributed by atoms with van der Waals surface area (Å²) in [5, 5.41) is 28.5. The molecule has 0 spiro atoms. The Bertz CT molecular complexity index is 1020. The van der Waals surface area contributed by atoms with Gasteiger partial charge >= 0.3 is 5.97 Å². The molecule has 7 nitrogen and oxygen atoms in total. The molecule has 0 fully saturated rings. The summed E-state index contributed by atoms with van der Waals surface area (Å²) in [6.07, 6.45) is 0. The molecule has 0 unspecified atom stereocenters. The van der Waals surface area contributed by atoms with Crippen molar-refractivity contribution in [3.05, 3.63) is 63.6 Å². The standard InChI is InChI=1S/C20H19ClN4O3S/c1-4-28-20(27)18(25-24-16-8-6-5-7-15(16)21)17(26)11-29-19-14(10-22)12(2)9-13(3)23-19/h5-9,26H,4,11H2,1-3H3/b18-17+,25-24?. The Morgan fingerprint density at radius 1 is 1.38 bits per heavy atom. The van der Waals surface area contributed by atoms with Gasteiger partial charge in [-0.3, -0.25) is 0 Å². The summed E-state index contributed by atoms with van der Waals surface area (Å²) >= 11 is 7.16. The van der Waals surface area contributed by atoms with Crippen molar-refractivity contribution in [1.29, 1.82) is 5.26 Å². The van der Waals surface area contributed by atoms with E-state index in [1.165, 1.54) is 0 Å². The maximum Gasteiger partial charge on any atom is 0.362 e. The topological polar surface area (TPSA) is 108 Å². The highest BCUT2D eigenvalue weighted by Crippen LogP contribution is 2.28. The molecule has 1 heterocycles. The Labute approximate surface area is 178 Å². The summed E-state index contributed by atoms with van der Waals surface area (Å²) in [4.78, 5) is 16.6. The molecular weight excluding hydrogens is 412 g/mol. The number of rotatable bonds is 7. The summed E-state index contributed by atoms with van der Waals surface area (Å²) in [6.45, 7) is 5.39. The number of halogens is 1. The smallest absolute Gasteiger partial charge is 0.362 e. The van der Waals surface area contributed by atoms with Crippen LogP contribution in [0.25, 0.3) is 0 Å². The number of nitriles is 1. The number of nitrogens with zero attached hydrogens (tertiary/aromatic N) is 4. The van der Waals surface area contributed by atoms with Crippen molar-refractivity contribution in [2.24, 2.45) is 10.2 Å². The highest BCUT2D eigenvalue weighted by Gasteiger charge is 2.18. The zero-order chi connectivity index (χ0) is 21.4. The first kappa shape index (κ1) is 22.4. The molecule has 0 bridgehead atoms. The van der Waals surface area contributed by atoms with E-state index in [-0.39, 0.29) is 23.8 Å². The van der Waals surface area contributed by atoms with Gasteiger partial charge in [0, 0.05) is 5.69 Å². The SMILES string of the molecule is CCOC(=O)/C(N=Nc1ccccc1Cl)=C(\O)CSc1nc(C)cc(C)c1C#N. The van der Waals surface area contributed by atoms with E-state index < -0.39 is 5.97 Å². The third-order valence-corrected chi connectivity index (χ3v) is 4.93. The van der Waals surface area contributed by atoms with Crippen LogP contribution in [-0.4, -0.2) is 28.4 Å². The number of aromatic nitrogens is 1. The lowest BCUT2D eigenvalue weighted by atomic mass is 10.1. The molecule has 0 aliphatic carbocycles. The third kappa shape index (κ3) is 6.04. The van der Waals surface area contributed by atoms with E-state index in [4.69, 9.17) is 16.3 Å². The monoisotopic (exact) mass is 430 g/mol. The van der Waals surface area contributed by atoms with Crippen molar-refractivity contribution in [3.63, 3.8) is 0 Å². The molecule has 2 aromatic rings. The fourth-order valence-electron chi connectivity index (χ4n) is 2.30. The average Bonchev–Trinajstić information content (AvgIpc) is 2.67. The highest BCUT2D eigenvalue weighted by atomic mass is 35.5. The number of hydrogen-bond donors (Lipinski definition) is 1. The minimum atomic E-state index is -0.810. The number of esters is 1. The first-order valence-corrected chi connectivity index (χ1v) is 10.00. The molecule has 0 aliphatic rings. The number of pyridine rings is 1. The van der Waals surface area contributed by atoms with Crippen LogP contribution in [0.5, 0.6) is 0 Å². The number of aliphatic hydroxyl groups is 1. The van der Waals surface area contributed by atoms with Gasteiger partial charge in [-0.15, -0.1) is 10.2 Å². The van der Waals surface area contributed by atoms with Gasteiger partial charge in [-0.2, -0.15) is 5.26 Å². The third-order valence-electron chi connectivity index (χ3n) is 3.62. The second-order valence-corrected chi connectivity index (χ2v) is 7.20. The summed E-state index contributed by atoms with van der Waals surface area (Å²) < 4.78 is 4.96. The molecule has 9 heteroatoms. The molecule has 0 amide bonds.